The Morgan fingerprint density at radius 1 is 1.37 bits per heavy atom. The second-order valence-corrected chi connectivity index (χ2v) is 4.12. The largest absolute Gasteiger partial charge is 0.480 e. The molecule has 0 atom stereocenters. The highest BCUT2D eigenvalue weighted by atomic mass is 35.5. The molecule has 3 N–H and O–H groups in total. The van der Waals surface area contributed by atoms with E-state index in [1.165, 1.54) is 13.2 Å². The summed E-state index contributed by atoms with van der Waals surface area (Å²) in [6.07, 6.45) is 0. The summed E-state index contributed by atoms with van der Waals surface area (Å²) < 4.78 is 5.03. The molecular formula is C13H12ClN3O2. The van der Waals surface area contributed by atoms with Crippen molar-refractivity contribution in [2.24, 2.45) is 5.73 Å². The van der Waals surface area contributed by atoms with Gasteiger partial charge in [0, 0.05) is 11.8 Å². The number of methoxy groups -OCH3 is 1. The van der Waals surface area contributed by atoms with Gasteiger partial charge in [-0.25, -0.2) is 4.98 Å². The Balaban J connectivity index is 2.49. The van der Waals surface area contributed by atoms with Gasteiger partial charge in [-0.2, -0.15) is 0 Å². The lowest BCUT2D eigenvalue weighted by molar-refractivity contribution is 0.0997. The van der Waals surface area contributed by atoms with E-state index in [1.807, 2.05) is 30.3 Å². The van der Waals surface area contributed by atoms with Crippen LogP contribution in [0.4, 0.5) is 11.4 Å². The number of rotatable bonds is 4. The van der Waals surface area contributed by atoms with Crippen LogP contribution in [0.3, 0.4) is 0 Å². The zero-order chi connectivity index (χ0) is 13.8. The summed E-state index contributed by atoms with van der Waals surface area (Å²) in [5, 5.41) is 3.27. The molecule has 1 aromatic carbocycles. The van der Waals surface area contributed by atoms with Gasteiger partial charge in [-0.15, -0.1) is 0 Å². The zero-order valence-electron chi connectivity index (χ0n) is 10.2. The van der Waals surface area contributed by atoms with E-state index in [9.17, 15) is 4.79 Å². The Labute approximate surface area is 115 Å². The van der Waals surface area contributed by atoms with E-state index in [0.29, 0.717) is 5.69 Å². The van der Waals surface area contributed by atoms with Crippen molar-refractivity contribution in [3.63, 3.8) is 0 Å². The van der Waals surface area contributed by atoms with E-state index in [0.717, 1.165) is 5.69 Å². The number of halogens is 1. The minimum Gasteiger partial charge on any atom is -0.480 e. The van der Waals surface area contributed by atoms with Crippen molar-refractivity contribution in [3.8, 4) is 5.88 Å². The number of hydrogen-bond donors (Lipinski definition) is 2. The number of nitrogens with one attached hydrogen (secondary N) is 1. The Morgan fingerprint density at radius 2 is 2.05 bits per heavy atom. The van der Waals surface area contributed by atoms with Crippen molar-refractivity contribution in [1.29, 1.82) is 0 Å². The van der Waals surface area contributed by atoms with Crippen molar-refractivity contribution < 1.29 is 9.53 Å². The van der Waals surface area contributed by atoms with E-state index in [1.54, 1.807) is 0 Å². The fourth-order valence-electron chi connectivity index (χ4n) is 1.65. The molecule has 0 radical (unpaired) electrons. The van der Waals surface area contributed by atoms with Crippen LogP contribution in [0.5, 0.6) is 5.88 Å². The number of carbonyl (C=O) groups is 1. The first-order chi connectivity index (χ1) is 9.11. The quantitative estimate of drug-likeness (QED) is 0.842. The number of nitrogens with two attached hydrogens (primary N) is 1. The van der Waals surface area contributed by atoms with Crippen molar-refractivity contribution in [1.82, 2.24) is 4.98 Å². The molecule has 0 spiro atoms. The third-order valence-electron chi connectivity index (χ3n) is 2.45. The second-order valence-electron chi connectivity index (χ2n) is 3.73. The van der Waals surface area contributed by atoms with E-state index in [2.05, 4.69) is 10.3 Å². The molecule has 0 aliphatic rings. The third kappa shape index (κ3) is 2.95. The third-order valence-corrected chi connectivity index (χ3v) is 2.64. The standard InChI is InChI=1S/C13H12ClN3O2/c1-19-13-11(12(15)18)9(7-10(14)17-13)16-8-5-3-2-4-6-8/h2-7H,1H3,(H2,15,18)(H,16,17). The number of aromatic nitrogens is 1. The predicted molar refractivity (Wildman–Crippen MR) is 74.0 cm³/mol. The van der Waals surface area contributed by atoms with E-state index < -0.39 is 5.91 Å². The average Bonchev–Trinajstić information content (AvgIpc) is 2.38. The van der Waals surface area contributed by atoms with Gasteiger partial charge < -0.3 is 15.8 Å². The molecule has 1 amide bonds. The van der Waals surface area contributed by atoms with Crippen LogP contribution in [0.15, 0.2) is 36.4 Å². The zero-order valence-corrected chi connectivity index (χ0v) is 10.9. The van der Waals surface area contributed by atoms with Crippen molar-refractivity contribution >= 4 is 28.9 Å². The van der Waals surface area contributed by atoms with Crippen LogP contribution in [0.2, 0.25) is 5.15 Å². The maximum atomic E-state index is 11.5. The van der Waals surface area contributed by atoms with E-state index in [4.69, 9.17) is 22.1 Å². The Hall–Kier alpha value is -2.27. The number of pyridine rings is 1. The van der Waals surface area contributed by atoms with Crippen LogP contribution in [-0.2, 0) is 0 Å². The predicted octanol–water partition coefficient (Wildman–Crippen LogP) is 2.59. The number of carbonyl (C=O) groups excluding carboxylic acids is 1. The highest BCUT2D eigenvalue weighted by molar-refractivity contribution is 6.30. The Bertz CT molecular complexity index is 602. The Kier molecular flexibility index (Phi) is 3.87. The number of benzene rings is 1. The summed E-state index contributed by atoms with van der Waals surface area (Å²) >= 11 is 5.89. The smallest absolute Gasteiger partial charge is 0.256 e. The average molecular weight is 278 g/mol. The molecular weight excluding hydrogens is 266 g/mol. The molecule has 0 aliphatic heterocycles. The summed E-state index contributed by atoms with van der Waals surface area (Å²) in [4.78, 5) is 15.4. The highest BCUT2D eigenvalue weighted by Gasteiger charge is 2.18. The van der Waals surface area contributed by atoms with Crippen LogP contribution in [0, 0.1) is 0 Å². The molecule has 2 rings (SSSR count). The molecule has 0 saturated carbocycles. The topological polar surface area (TPSA) is 77.2 Å². The first kappa shape index (κ1) is 13.2. The number of para-hydroxylation sites is 1. The Morgan fingerprint density at radius 3 is 2.63 bits per heavy atom. The summed E-state index contributed by atoms with van der Waals surface area (Å²) in [5.74, 6) is -0.544. The molecule has 0 fully saturated rings. The molecule has 2 aromatic rings. The molecule has 0 bridgehead atoms. The van der Waals surface area contributed by atoms with Gasteiger partial charge in [0.2, 0.25) is 5.88 Å². The molecule has 6 heteroatoms. The van der Waals surface area contributed by atoms with Crippen LogP contribution in [-0.4, -0.2) is 18.0 Å². The van der Waals surface area contributed by atoms with Gasteiger partial charge >= 0.3 is 0 Å². The molecule has 0 unspecified atom stereocenters. The lowest BCUT2D eigenvalue weighted by atomic mass is 10.2. The van der Waals surface area contributed by atoms with Gasteiger partial charge in [0.15, 0.2) is 0 Å². The SMILES string of the molecule is COc1nc(Cl)cc(Nc2ccccc2)c1C(N)=O. The number of amides is 1. The van der Waals surface area contributed by atoms with Gasteiger partial charge in [0.1, 0.15) is 10.7 Å². The highest BCUT2D eigenvalue weighted by Crippen LogP contribution is 2.29. The van der Waals surface area contributed by atoms with Gasteiger partial charge in [0.05, 0.1) is 12.8 Å². The summed E-state index contributed by atoms with van der Waals surface area (Å²) in [6.45, 7) is 0. The monoisotopic (exact) mass is 277 g/mol. The van der Waals surface area contributed by atoms with Crippen LogP contribution >= 0.6 is 11.6 Å². The lowest BCUT2D eigenvalue weighted by Crippen LogP contribution is -2.15. The van der Waals surface area contributed by atoms with Gasteiger partial charge in [0.25, 0.3) is 5.91 Å². The minimum absolute atomic E-state index is 0.0958. The minimum atomic E-state index is -0.639. The first-order valence-corrected chi connectivity index (χ1v) is 5.86. The van der Waals surface area contributed by atoms with Gasteiger partial charge in [-0.05, 0) is 12.1 Å². The fourth-order valence-corrected chi connectivity index (χ4v) is 1.84. The van der Waals surface area contributed by atoms with Crippen LogP contribution < -0.4 is 15.8 Å². The number of ether oxygens (including phenoxy) is 1. The van der Waals surface area contributed by atoms with Gasteiger partial charge in [-0.3, -0.25) is 4.79 Å². The number of hydrogen-bond acceptors (Lipinski definition) is 4. The fraction of sp³-hybridized carbons (Fsp3) is 0.0769. The maximum Gasteiger partial charge on any atom is 0.256 e. The first-order valence-electron chi connectivity index (χ1n) is 5.48. The van der Waals surface area contributed by atoms with Crippen molar-refractivity contribution in [2.75, 3.05) is 12.4 Å². The summed E-state index contributed by atoms with van der Waals surface area (Å²) in [6, 6.07) is 10.9. The van der Waals surface area contributed by atoms with Crippen LogP contribution in [0.1, 0.15) is 10.4 Å². The number of primary amides is 1. The molecule has 19 heavy (non-hydrogen) atoms. The van der Waals surface area contributed by atoms with Crippen LogP contribution in [0.25, 0.3) is 0 Å². The number of anilines is 2. The molecule has 98 valence electrons. The molecule has 5 nitrogen and oxygen atoms in total. The molecule has 1 heterocycles. The summed E-state index contributed by atoms with van der Waals surface area (Å²) in [5.41, 5.74) is 6.77. The van der Waals surface area contributed by atoms with E-state index >= 15 is 0 Å². The van der Waals surface area contributed by atoms with E-state index in [-0.39, 0.29) is 16.6 Å². The molecule has 1 aromatic heterocycles. The molecule has 0 saturated heterocycles. The summed E-state index contributed by atoms with van der Waals surface area (Å²) in [7, 11) is 1.40. The lowest BCUT2D eigenvalue weighted by Gasteiger charge is -2.13. The second kappa shape index (κ2) is 5.58. The normalized spacial score (nSPS) is 10.0. The van der Waals surface area contributed by atoms with Gasteiger partial charge in [-0.1, -0.05) is 29.8 Å². The molecule has 0 aliphatic carbocycles. The van der Waals surface area contributed by atoms with Crippen molar-refractivity contribution in [2.45, 2.75) is 0 Å². The number of nitrogens with zero attached hydrogens (tertiary/aromatic N) is 1. The van der Waals surface area contributed by atoms with Crippen molar-refractivity contribution in [3.05, 3.63) is 47.1 Å². The maximum absolute atomic E-state index is 11.5.